The number of carbonyl (C=O) groups is 1. The lowest BCUT2D eigenvalue weighted by Gasteiger charge is -2.24. The van der Waals surface area contributed by atoms with Crippen molar-refractivity contribution in [3.05, 3.63) is 58.6 Å². The van der Waals surface area contributed by atoms with E-state index < -0.39 is 15.9 Å². The second-order valence-corrected chi connectivity index (χ2v) is 8.13. The fraction of sp³-hybridized carbons (Fsp3) is 0.278. The minimum absolute atomic E-state index is 0.231. The molecule has 2 aromatic carbocycles. The topological polar surface area (TPSA) is 75.7 Å². The van der Waals surface area contributed by atoms with Gasteiger partial charge in [0.2, 0.25) is 15.9 Å². The van der Waals surface area contributed by atoms with Crippen LogP contribution < -0.4 is 14.4 Å². The summed E-state index contributed by atoms with van der Waals surface area (Å²) in [5.74, 6) is 0.221. The van der Waals surface area contributed by atoms with Crippen molar-refractivity contribution in [3.63, 3.8) is 0 Å². The molecule has 6 nitrogen and oxygen atoms in total. The molecule has 8 heteroatoms. The Kier molecular flexibility index (Phi) is 6.50. The molecule has 26 heavy (non-hydrogen) atoms. The van der Waals surface area contributed by atoms with Gasteiger partial charge in [-0.15, -0.1) is 0 Å². The van der Waals surface area contributed by atoms with Crippen LogP contribution >= 0.6 is 11.6 Å². The van der Waals surface area contributed by atoms with E-state index in [0.29, 0.717) is 22.0 Å². The number of methoxy groups -OCH3 is 1. The molecule has 0 fully saturated rings. The number of carbonyl (C=O) groups excluding carboxylic acids is 1. The van der Waals surface area contributed by atoms with Gasteiger partial charge in [-0.05, 0) is 30.7 Å². The highest BCUT2D eigenvalue weighted by Gasteiger charge is 2.22. The van der Waals surface area contributed by atoms with Crippen molar-refractivity contribution in [1.82, 2.24) is 5.32 Å². The Hall–Kier alpha value is -2.25. The van der Waals surface area contributed by atoms with E-state index in [1.165, 1.54) is 6.07 Å². The van der Waals surface area contributed by atoms with Crippen molar-refractivity contribution >= 4 is 33.2 Å². The standard InChI is InChI=1S/C18H21ClN2O4S/c1-13-8-9-15(19)10-16(13)21(26(3,23)24)12-18(22)20-11-14-6-4-5-7-17(14)25-2/h4-10H,11-12H2,1-3H3,(H,20,22). The van der Waals surface area contributed by atoms with Crippen molar-refractivity contribution in [2.24, 2.45) is 0 Å². The fourth-order valence-corrected chi connectivity index (χ4v) is 3.53. The molecule has 0 aliphatic rings. The molecular formula is C18H21ClN2O4S. The number of hydrogen-bond donors (Lipinski definition) is 1. The van der Waals surface area contributed by atoms with E-state index in [1.54, 1.807) is 32.2 Å². The molecule has 0 aromatic heterocycles. The molecule has 0 aliphatic heterocycles. The number of hydrogen-bond acceptors (Lipinski definition) is 4. The Labute approximate surface area is 158 Å². The Morgan fingerprint density at radius 2 is 1.92 bits per heavy atom. The number of benzene rings is 2. The van der Waals surface area contributed by atoms with Crippen molar-refractivity contribution in [1.29, 1.82) is 0 Å². The van der Waals surface area contributed by atoms with Crippen molar-refractivity contribution in [2.45, 2.75) is 13.5 Å². The van der Waals surface area contributed by atoms with Crippen molar-refractivity contribution in [3.8, 4) is 5.75 Å². The molecule has 0 heterocycles. The molecule has 2 rings (SSSR count). The second-order valence-electron chi connectivity index (χ2n) is 5.79. The van der Waals surface area contributed by atoms with E-state index in [4.69, 9.17) is 16.3 Å². The number of halogens is 1. The van der Waals surface area contributed by atoms with Gasteiger partial charge < -0.3 is 10.1 Å². The summed E-state index contributed by atoms with van der Waals surface area (Å²) in [6.07, 6.45) is 1.06. The molecule has 1 N–H and O–H groups in total. The average Bonchev–Trinajstić information content (AvgIpc) is 2.59. The van der Waals surface area contributed by atoms with Gasteiger partial charge in [-0.25, -0.2) is 8.42 Å². The summed E-state index contributed by atoms with van der Waals surface area (Å²) < 4.78 is 30.7. The van der Waals surface area contributed by atoms with E-state index in [2.05, 4.69) is 5.32 Å². The van der Waals surface area contributed by atoms with Crippen molar-refractivity contribution in [2.75, 3.05) is 24.2 Å². The minimum Gasteiger partial charge on any atom is -0.496 e. The molecule has 2 aromatic rings. The van der Waals surface area contributed by atoms with Gasteiger partial charge in [0.15, 0.2) is 0 Å². The number of para-hydroxylation sites is 1. The Bertz CT molecular complexity index is 900. The van der Waals surface area contributed by atoms with Crippen LogP contribution in [0.25, 0.3) is 0 Å². The quantitative estimate of drug-likeness (QED) is 0.780. The molecule has 0 saturated heterocycles. The van der Waals surface area contributed by atoms with Gasteiger partial charge in [0.1, 0.15) is 12.3 Å². The number of sulfonamides is 1. The van der Waals surface area contributed by atoms with Crippen LogP contribution in [0.2, 0.25) is 5.02 Å². The number of aryl methyl sites for hydroxylation is 1. The molecule has 0 saturated carbocycles. The Balaban J connectivity index is 2.16. The van der Waals surface area contributed by atoms with Crippen molar-refractivity contribution < 1.29 is 17.9 Å². The first kappa shape index (κ1) is 20.1. The van der Waals surface area contributed by atoms with Gasteiger partial charge in [-0.1, -0.05) is 35.9 Å². The van der Waals surface area contributed by atoms with Crippen LogP contribution in [0.1, 0.15) is 11.1 Å². The SMILES string of the molecule is COc1ccccc1CNC(=O)CN(c1cc(Cl)ccc1C)S(C)(=O)=O. The van der Waals surface area contributed by atoms with E-state index in [9.17, 15) is 13.2 Å². The van der Waals surface area contributed by atoms with Crippen LogP contribution in [0.15, 0.2) is 42.5 Å². The number of amides is 1. The molecule has 140 valence electrons. The fourth-order valence-electron chi connectivity index (χ4n) is 2.46. The molecule has 0 radical (unpaired) electrons. The zero-order chi connectivity index (χ0) is 19.3. The lowest BCUT2D eigenvalue weighted by atomic mass is 10.2. The maximum Gasteiger partial charge on any atom is 0.241 e. The van der Waals surface area contributed by atoms with Crippen LogP contribution in [0.3, 0.4) is 0 Å². The summed E-state index contributed by atoms with van der Waals surface area (Å²) in [4.78, 5) is 12.4. The molecule has 0 atom stereocenters. The Morgan fingerprint density at radius 1 is 1.23 bits per heavy atom. The summed E-state index contributed by atoms with van der Waals surface area (Å²) in [6.45, 7) is 1.65. The summed E-state index contributed by atoms with van der Waals surface area (Å²) >= 11 is 5.99. The van der Waals surface area contributed by atoms with Crippen LogP contribution in [0.5, 0.6) is 5.75 Å². The monoisotopic (exact) mass is 396 g/mol. The summed E-state index contributed by atoms with van der Waals surface area (Å²) in [5.41, 5.74) is 1.89. The number of anilines is 1. The van der Waals surface area contributed by atoms with Gasteiger partial charge >= 0.3 is 0 Å². The van der Waals surface area contributed by atoms with E-state index in [-0.39, 0.29) is 13.1 Å². The van der Waals surface area contributed by atoms with Gasteiger partial charge in [0.05, 0.1) is 19.1 Å². The van der Waals surface area contributed by atoms with Crippen LogP contribution in [-0.4, -0.2) is 34.2 Å². The predicted octanol–water partition coefficient (Wildman–Crippen LogP) is 2.74. The third kappa shape index (κ3) is 5.12. The summed E-state index contributed by atoms with van der Waals surface area (Å²) in [7, 11) is -2.11. The molecule has 0 unspecified atom stereocenters. The normalized spacial score (nSPS) is 11.1. The number of ether oxygens (including phenoxy) is 1. The lowest BCUT2D eigenvalue weighted by Crippen LogP contribution is -2.40. The highest BCUT2D eigenvalue weighted by atomic mass is 35.5. The molecule has 0 spiro atoms. The molecular weight excluding hydrogens is 376 g/mol. The Morgan fingerprint density at radius 3 is 2.58 bits per heavy atom. The first-order valence-electron chi connectivity index (χ1n) is 7.85. The first-order chi connectivity index (χ1) is 12.2. The van der Waals surface area contributed by atoms with E-state index in [0.717, 1.165) is 16.1 Å². The highest BCUT2D eigenvalue weighted by molar-refractivity contribution is 7.92. The van der Waals surface area contributed by atoms with Crippen LogP contribution in [-0.2, 0) is 21.4 Å². The van der Waals surface area contributed by atoms with Crippen LogP contribution in [0, 0.1) is 6.92 Å². The first-order valence-corrected chi connectivity index (χ1v) is 10.1. The second kappa shape index (κ2) is 8.42. The molecule has 1 amide bonds. The molecule has 0 bridgehead atoms. The number of nitrogens with one attached hydrogen (secondary N) is 1. The average molecular weight is 397 g/mol. The van der Waals surface area contributed by atoms with E-state index in [1.807, 2.05) is 18.2 Å². The number of nitrogens with zero attached hydrogens (tertiary/aromatic N) is 1. The van der Waals surface area contributed by atoms with Gasteiger partial charge in [-0.3, -0.25) is 9.10 Å². The maximum absolute atomic E-state index is 12.4. The third-order valence-corrected chi connectivity index (χ3v) is 5.16. The lowest BCUT2D eigenvalue weighted by molar-refractivity contribution is -0.119. The maximum atomic E-state index is 12.4. The molecule has 0 aliphatic carbocycles. The smallest absolute Gasteiger partial charge is 0.241 e. The van der Waals surface area contributed by atoms with Gasteiger partial charge in [0.25, 0.3) is 0 Å². The number of rotatable bonds is 7. The van der Waals surface area contributed by atoms with Crippen LogP contribution in [0.4, 0.5) is 5.69 Å². The van der Waals surface area contributed by atoms with Gasteiger partial charge in [0, 0.05) is 17.1 Å². The predicted molar refractivity (Wildman–Crippen MR) is 103 cm³/mol. The van der Waals surface area contributed by atoms with Gasteiger partial charge in [-0.2, -0.15) is 0 Å². The zero-order valence-corrected chi connectivity index (χ0v) is 16.4. The zero-order valence-electron chi connectivity index (χ0n) is 14.8. The largest absolute Gasteiger partial charge is 0.496 e. The summed E-state index contributed by atoms with van der Waals surface area (Å²) in [6, 6.07) is 12.2. The highest BCUT2D eigenvalue weighted by Crippen LogP contribution is 2.26. The minimum atomic E-state index is -3.66. The third-order valence-electron chi connectivity index (χ3n) is 3.80. The van der Waals surface area contributed by atoms with E-state index >= 15 is 0 Å². The summed E-state index contributed by atoms with van der Waals surface area (Å²) in [5, 5.41) is 3.12.